The first kappa shape index (κ1) is 17.4. The highest BCUT2D eigenvalue weighted by Crippen LogP contribution is 2.35. The normalized spacial score (nSPS) is 16.8. The molecule has 3 N–H and O–H groups in total. The lowest BCUT2D eigenvalue weighted by molar-refractivity contribution is 0.0936. The minimum absolute atomic E-state index is 0.201. The summed E-state index contributed by atoms with van der Waals surface area (Å²) < 4.78 is 5.54. The third-order valence-electron chi connectivity index (χ3n) is 5.07. The van der Waals surface area contributed by atoms with E-state index < -0.39 is 11.6 Å². The molecule has 0 saturated heterocycles. The van der Waals surface area contributed by atoms with E-state index in [0.717, 1.165) is 31.2 Å². The largest absolute Gasteiger partial charge is 0.337 e. The Morgan fingerprint density at radius 2 is 1.67 bits per heavy atom. The van der Waals surface area contributed by atoms with E-state index in [9.17, 15) is 4.79 Å². The van der Waals surface area contributed by atoms with Crippen molar-refractivity contribution in [3.05, 3.63) is 83.5 Å². The van der Waals surface area contributed by atoms with E-state index in [1.807, 2.05) is 48.5 Å². The predicted octanol–water partition coefficient (Wildman–Crippen LogP) is 3.32. The third kappa shape index (κ3) is 3.61. The van der Waals surface area contributed by atoms with Gasteiger partial charge in [0.05, 0.1) is 5.54 Å². The van der Waals surface area contributed by atoms with Crippen LogP contribution in [0.15, 0.2) is 65.2 Å². The molecule has 1 unspecified atom stereocenters. The molecule has 1 amide bonds. The fourth-order valence-corrected chi connectivity index (χ4v) is 3.52. The van der Waals surface area contributed by atoms with Crippen molar-refractivity contribution in [2.45, 2.75) is 37.3 Å². The predicted molar refractivity (Wildman–Crippen MR) is 101 cm³/mol. The van der Waals surface area contributed by atoms with E-state index in [1.54, 1.807) is 12.1 Å². The molecule has 0 bridgehead atoms. The Hall–Kier alpha value is -2.99. The van der Waals surface area contributed by atoms with Gasteiger partial charge in [-0.15, -0.1) is 0 Å². The molecule has 4 rings (SSSR count). The number of hydrogen-bond donors (Lipinski definition) is 2. The highest BCUT2D eigenvalue weighted by Gasteiger charge is 2.37. The zero-order valence-electron chi connectivity index (χ0n) is 15.0. The summed E-state index contributed by atoms with van der Waals surface area (Å²) in [5, 5.41) is 7.14. The number of aromatic nitrogens is 2. The van der Waals surface area contributed by atoms with Crippen LogP contribution < -0.4 is 11.1 Å². The maximum absolute atomic E-state index is 12.7. The molecule has 0 radical (unpaired) electrons. The van der Waals surface area contributed by atoms with Gasteiger partial charge >= 0.3 is 0 Å². The van der Waals surface area contributed by atoms with Crippen LogP contribution in [0.25, 0.3) is 0 Å². The molecule has 1 atom stereocenters. The smallest absolute Gasteiger partial charge is 0.253 e. The van der Waals surface area contributed by atoms with E-state index in [4.69, 9.17) is 10.3 Å². The Morgan fingerprint density at radius 3 is 2.33 bits per heavy atom. The monoisotopic (exact) mass is 362 g/mol. The maximum Gasteiger partial charge on any atom is 0.253 e. The number of nitrogens with zero attached hydrogens (tertiary/aromatic N) is 2. The van der Waals surface area contributed by atoms with Crippen LogP contribution in [0.1, 0.15) is 59.4 Å². The van der Waals surface area contributed by atoms with Crippen LogP contribution in [0.5, 0.6) is 0 Å². The zero-order chi connectivity index (χ0) is 18.7. The van der Waals surface area contributed by atoms with E-state index in [-0.39, 0.29) is 5.91 Å². The summed E-state index contributed by atoms with van der Waals surface area (Å²) in [7, 11) is 0. The summed E-state index contributed by atoms with van der Waals surface area (Å²) in [6.07, 6.45) is 3.82. The Morgan fingerprint density at radius 1 is 1.04 bits per heavy atom. The Kier molecular flexibility index (Phi) is 4.73. The van der Waals surface area contributed by atoms with Gasteiger partial charge in [-0.05, 0) is 30.5 Å². The quantitative estimate of drug-likeness (QED) is 0.726. The lowest BCUT2D eigenvalue weighted by atomic mass is 9.98. The average molecular weight is 362 g/mol. The minimum Gasteiger partial charge on any atom is -0.337 e. The summed E-state index contributed by atoms with van der Waals surface area (Å²) >= 11 is 0. The Balaban J connectivity index is 1.65. The van der Waals surface area contributed by atoms with E-state index in [0.29, 0.717) is 17.3 Å². The fraction of sp³-hybridized carbons (Fsp3) is 0.286. The van der Waals surface area contributed by atoms with Crippen molar-refractivity contribution in [3.63, 3.8) is 0 Å². The second-order valence-corrected chi connectivity index (χ2v) is 7.00. The number of amides is 1. The number of rotatable bonds is 5. The summed E-state index contributed by atoms with van der Waals surface area (Å²) in [4.78, 5) is 17.3. The first-order chi connectivity index (χ1) is 13.2. The van der Waals surface area contributed by atoms with Crippen molar-refractivity contribution in [2.75, 3.05) is 0 Å². The first-order valence-electron chi connectivity index (χ1n) is 9.19. The van der Waals surface area contributed by atoms with Gasteiger partial charge < -0.3 is 15.6 Å². The molecule has 0 spiro atoms. The van der Waals surface area contributed by atoms with Gasteiger partial charge in [-0.2, -0.15) is 4.98 Å². The highest BCUT2D eigenvalue weighted by atomic mass is 16.5. The molecule has 27 heavy (non-hydrogen) atoms. The lowest BCUT2D eigenvalue weighted by Crippen LogP contribution is -2.34. The van der Waals surface area contributed by atoms with Crippen LogP contribution in [-0.4, -0.2) is 16.0 Å². The van der Waals surface area contributed by atoms with Gasteiger partial charge in [0, 0.05) is 5.56 Å². The lowest BCUT2D eigenvalue weighted by Gasteiger charge is -2.18. The molecular formula is C21H22N4O2. The SMILES string of the molecule is NC1(c2noc(C(NC(=O)c3ccccc3)c3ccccc3)n2)CCCC1. The summed E-state index contributed by atoms with van der Waals surface area (Å²) in [5.41, 5.74) is 7.36. The minimum atomic E-state index is -0.537. The molecule has 6 heteroatoms. The molecular weight excluding hydrogens is 340 g/mol. The number of nitrogens with one attached hydrogen (secondary N) is 1. The van der Waals surface area contributed by atoms with Crippen LogP contribution in [0.3, 0.4) is 0 Å². The van der Waals surface area contributed by atoms with Gasteiger partial charge in [-0.25, -0.2) is 0 Å². The second-order valence-electron chi connectivity index (χ2n) is 7.00. The van der Waals surface area contributed by atoms with Crippen LogP contribution >= 0.6 is 0 Å². The third-order valence-corrected chi connectivity index (χ3v) is 5.07. The van der Waals surface area contributed by atoms with Crippen LogP contribution in [0.2, 0.25) is 0 Å². The van der Waals surface area contributed by atoms with Crippen molar-refractivity contribution in [1.82, 2.24) is 15.5 Å². The van der Waals surface area contributed by atoms with E-state index >= 15 is 0 Å². The molecule has 1 fully saturated rings. The van der Waals surface area contributed by atoms with Gasteiger partial charge in [0.25, 0.3) is 11.8 Å². The standard InChI is InChI=1S/C21H22N4O2/c22-21(13-7-8-14-21)20-24-19(27-25-20)17(15-9-3-1-4-10-15)23-18(26)16-11-5-2-6-12-16/h1-6,9-12,17H,7-8,13-14,22H2,(H,23,26). The Bertz CT molecular complexity index is 902. The molecule has 3 aromatic rings. The molecule has 6 nitrogen and oxygen atoms in total. The summed E-state index contributed by atoms with van der Waals surface area (Å²) in [6, 6.07) is 18.1. The van der Waals surface area contributed by atoms with Crippen LogP contribution in [-0.2, 0) is 5.54 Å². The summed E-state index contributed by atoms with van der Waals surface area (Å²) in [6.45, 7) is 0. The van der Waals surface area contributed by atoms with Gasteiger partial charge in [0.15, 0.2) is 5.82 Å². The zero-order valence-corrected chi connectivity index (χ0v) is 15.0. The Labute approximate surface area is 157 Å². The number of hydrogen-bond acceptors (Lipinski definition) is 5. The number of carbonyl (C=O) groups is 1. The molecule has 1 aromatic heterocycles. The molecule has 2 aromatic carbocycles. The van der Waals surface area contributed by atoms with Crippen molar-refractivity contribution < 1.29 is 9.32 Å². The molecule has 1 aliphatic rings. The molecule has 0 aliphatic heterocycles. The molecule has 138 valence electrons. The van der Waals surface area contributed by atoms with Crippen LogP contribution in [0.4, 0.5) is 0 Å². The van der Waals surface area contributed by atoms with Crippen molar-refractivity contribution >= 4 is 5.91 Å². The second kappa shape index (κ2) is 7.32. The average Bonchev–Trinajstić information content (AvgIpc) is 3.38. The highest BCUT2D eigenvalue weighted by molar-refractivity contribution is 5.94. The summed E-state index contributed by atoms with van der Waals surface area (Å²) in [5.74, 6) is 0.662. The number of carbonyl (C=O) groups excluding carboxylic acids is 1. The maximum atomic E-state index is 12.7. The molecule has 1 saturated carbocycles. The number of nitrogens with two attached hydrogens (primary N) is 1. The molecule has 1 aliphatic carbocycles. The van der Waals surface area contributed by atoms with Crippen molar-refractivity contribution in [3.8, 4) is 0 Å². The van der Waals surface area contributed by atoms with Gasteiger partial charge in [-0.3, -0.25) is 4.79 Å². The van der Waals surface area contributed by atoms with Gasteiger partial charge in [-0.1, -0.05) is 66.5 Å². The van der Waals surface area contributed by atoms with Crippen molar-refractivity contribution in [2.24, 2.45) is 5.73 Å². The van der Waals surface area contributed by atoms with Gasteiger partial charge in [0.2, 0.25) is 0 Å². The van der Waals surface area contributed by atoms with Crippen LogP contribution in [0, 0.1) is 0 Å². The van der Waals surface area contributed by atoms with Gasteiger partial charge in [0.1, 0.15) is 6.04 Å². The first-order valence-corrected chi connectivity index (χ1v) is 9.19. The van der Waals surface area contributed by atoms with E-state index in [1.165, 1.54) is 0 Å². The topological polar surface area (TPSA) is 94.0 Å². The number of benzene rings is 2. The van der Waals surface area contributed by atoms with E-state index in [2.05, 4.69) is 15.5 Å². The fourth-order valence-electron chi connectivity index (χ4n) is 3.52. The molecule has 1 heterocycles. The van der Waals surface area contributed by atoms with Crippen molar-refractivity contribution in [1.29, 1.82) is 0 Å².